The van der Waals surface area contributed by atoms with E-state index in [0.29, 0.717) is 48.9 Å². The first-order chi connectivity index (χ1) is 21.3. The van der Waals surface area contributed by atoms with Crippen LogP contribution in [0.5, 0.6) is 0 Å². The first-order valence-corrected chi connectivity index (χ1v) is 15.2. The summed E-state index contributed by atoms with van der Waals surface area (Å²) in [4.78, 5) is 20.7. The summed E-state index contributed by atoms with van der Waals surface area (Å²) >= 11 is 0. The summed E-state index contributed by atoms with van der Waals surface area (Å²) in [5.74, 6) is 5.96. The third-order valence-electron chi connectivity index (χ3n) is 7.92. The standard InChI is InChI=1S/C33H44F3N7O2/c1-32(2,37)30-10-8-27(21-40-30)38-13-5-6-28-19-25-18-24(7-9-29(25)43(28)23-33(34,35)36)20-39-26-11-14-42(15-12-26)22-31(44)41(3)16-17-45-4/h7-10,18-19,21,26,38-39H,11-17,20,22-23,37H2,1-4H3. The quantitative estimate of drug-likeness (QED) is 0.262. The summed E-state index contributed by atoms with van der Waals surface area (Å²) in [6.07, 6.45) is -0.892. The fourth-order valence-electron chi connectivity index (χ4n) is 5.27. The minimum Gasteiger partial charge on any atom is -0.383 e. The minimum absolute atomic E-state index is 0.0867. The molecule has 45 heavy (non-hydrogen) atoms. The first-order valence-electron chi connectivity index (χ1n) is 15.2. The maximum atomic E-state index is 13.5. The second-order valence-corrected chi connectivity index (χ2v) is 12.2. The molecule has 1 fully saturated rings. The highest BCUT2D eigenvalue weighted by atomic mass is 19.4. The van der Waals surface area contributed by atoms with Crippen LogP contribution in [0.2, 0.25) is 0 Å². The number of rotatable bonds is 12. The normalized spacial score (nSPS) is 14.8. The number of aromatic nitrogens is 2. The molecule has 244 valence electrons. The number of amides is 1. The van der Waals surface area contributed by atoms with Gasteiger partial charge in [-0.25, -0.2) is 0 Å². The van der Waals surface area contributed by atoms with Gasteiger partial charge in [0.2, 0.25) is 5.91 Å². The van der Waals surface area contributed by atoms with Crippen molar-refractivity contribution in [1.29, 1.82) is 0 Å². The molecular formula is C33H44F3N7O2. The van der Waals surface area contributed by atoms with Crippen molar-refractivity contribution in [3.05, 3.63) is 59.5 Å². The number of hydrogen-bond donors (Lipinski definition) is 3. The predicted molar refractivity (Wildman–Crippen MR) is 171 cm³/mol. The number of benzene rings is 1. The number of fused-ring (bicyclic) bond motifs is 1. The molecule has 0 saturated carbocycles. The lowest BCUT2D eigenvalue weighted by Crippen LogP contribution is -2.46. The molecule has 1 aromatic carbocycles. The van der Waals surface area contributed by atoms with E-state index in [1.54, 1.807) is 37.4 Å². The average molecular weight is 628 g/mol. The summed E-state index contributed by atoms with van der Waals surface area (Å²) in [5, 5.41) is 7.43. The number of nitrogens with two attached hydrogens (primary N) is 1. The summed E-state index contributed by atoms with van der Waals surface area (Å²) in [5.41, 5.74) is 8.80. The second kappa shape index (κ2) is 15.1. The molecule has 0 aliphatic carbocycles. The van der Waals surface area contributed by atoms with Crippen LogP contribution in [0.1, 0.15) is 43.6 Å². The number of carbonyl (C=O) groups excluding carboxylic acids is 1. The van der Waals surface area contributed by atoms with Crippen LogP contribution in [-0.2, 0) is 28.2 Å². The smallest absolute Gasteiger partial charge is 0.383 e. The summed E-state index contributed by atoms with van der Waals surface area (Å²) in [6.45, 7) is 6.61. The van der Waals surface area contributed by atoms with E-state index in [-0.39, 0.29) is 12.5 Å². The number of nitrogens with one attached hydrogen (secondary N) is 2. The van der Waals surface area contributed by atoms with E-state index in [1.165, 1.54) is 4.57 Å². The number of halogens is 3. The van der Waals surface area contributed by atoms with Gasteiger partial charge in [0.25, 0.3) is 0 Å². The van der Waals surface area contributed by atoms with Crippen LogP contribution in [0.15, 0.2) is 42.6 Å². The summed E-state index contributed by atoms with van der Waals surface area (Å²) in [6, 6.07) is 11.2. The predicted octanol–water partition coefficient (Wildman–Crippen LogP) is 3.91. The van der Waals surface area contributed by atoms with Crippen molar-refractivity contribution in [1.82, 2.24) is 24.7 Å². The number of anilines is 1. The van der Waals surface area contributed by atoms with Crippen LogP contribution < -0.4 is 16.4 Å². The van der Waals surface area contributed by atoms with Gasteiger partial charge in [-0.05, 0) is 68.5 Å². The molecule has 4 rings (SSSR count). The van der Waals surface area contributed by atoms with Gasteiger partial charge in [0, 0.05) is 57.3 Å². The number of ether oxygens (including phenoxy) is 1. The first kappa shape index (κ1) is 34.2. The van der Waals surface area contributed by atoms with Gasteiger partial charge in [-0.2, -0.15) is 13.2 Å². The van der Waals surface area contributed by atoms with E-state index in [9.17, 15) is 18.0 Å². The van der Waals surface area contributed by atoms with Crippen molar-refractivity contribution < 1.29 is 22.7 Å². The SMILES string of the molecule is COCCN(C)C(=O)CN1CCC(NCc2ccc3c(c2)cc(C#CCNc2ccc(C(C)(C)N)nc2)n3CC(F)(F)F)CC1. The maximum absolute atomic E-state index is 13.5. The Hall–Kier alpha value is -3.63. The number of methoxy groups -OCH3 is 1. The van der Waals surface area contributed by atoms with Crippen molar-refractivity contribution >= 4 is 22.5 Å². The molecule has 0 unspecified atom stereocenters. The van der Waals surface area contributed by atoms with E-state index >= 15 is 0 Å². The number of carbonyl (C=O) groups is 1. The number of pyridine rings is 1. The fraction of sp³-hybridized carbons (Fsp3) is 0.515. The number of nitrogens with zero attached hydrogens (tertiary/aromatic N) is 4. The zero-order valence-electron chi connectivity index (χ0n) is 26.5. The third-order valence-corrected chi connectivity index (χ3v) is 7.92. The highest BCUT2D eigenvalue weighted by Crippen LogP contribution is 2.26. The van der Waals surface area contributed by atoms with Gasteiger partial charge in [-0.1, -0.05) is 12.0 Å². The molecule has 0 radical (unpaired) electrons. The maximum Gasteiger partial charge on any atom is 0.406 e. The molecule has 2 aromatic heterocycles. The molecule has 0 bridgehead atoms. The fourth-order valence-corrected chi connectivity index (χ4v) is 5.27. The monoisotopic (exact) mass is 627 g/mol. The molecule has 1 aliphatic heterocycles. The van der Waals surface area contributed by atoms with Crippen LogP contribution in [0.25, 0.3) is 10.9 Å². The van der Waals surface area contributed by atoms with Crippen LogP contribution in [0.4, 0.5) is 18.9 Å². The number of piperidine rings is 1. The highest BCUT2D eigenvalue weighted by molar-refractivity contribution is 5.83. The molecule has 4 N–H and O–H groups in total. The second-order valence-electron chi connectivity index (χ2n) is 12.2. The van der Waals surface area contributed by atoms with Crippen molar-refractivity contribution in [3.8, 4) is 11.8 Å². The Morgan fingerprint density at radius 1 is 1.18 bits per heavy atom. The van der Waals surface area contributed by atoms with Gasteiger partial charge in [-0.3, -0.25) is 14.7 Å². The Labute approximate surface area is 263 Å². The third kappa shape index (κ3) is 10.2. The molecule has 3 heterocycles. The van der Waals surface area contributed by atoms with Crippen molar-refractivity contribution in [2.75, 3.05) is 58.8 Å². The molecule has 9 nitrogen and oxygen atoms in total. The van der Waals surface area contributed by atoms with Gasteiger partial charge in [0.05, 0.1) is 48.5 Å². The average Bonchev–Trinajstić information content (AvgIpc) is 3.32. The van der Waals surface area contributed by atoms with Crippen molar-refractivity contribution in [2.24, 2.45) is 5.73 Å². The van der Waals surface area contributed by atoms with Gasteiger partial charge >= 0.3 is 6.18 Å². The highest BCUT2D eigenvalue weighted by Gasteiger charge is 2.30. The van der Waals surface area contributed by atoms with Gasteiger partial charge in [-0.15, -0.1) is 0 Å². The summed E-state index contributed by atoms with van der Waals surface area (Å²) < 4.78 is 46.8. The Bertz CT molecular complexity index is 1480. The van der Waals surface area contributed by atoms with Crippen molar-refractivity contribution in [2.45, 2.75) is 57.5 Å². The largest absolute Gasteiger partial charge is 0.406 e. The lowest BCUT2D eigenvalue weighted by atomic mass is 10.0. The van der Waals surface area contributed by atoms with Crippen LogP contribution >= 0.6 is 0 Å². The zero-order chi connectivity index (χ0) is 32.6. The molecule has 1 saturated heterocycles. The Kier molecular flexibility index (Phi) is 11.5. The van der Waals surface area contributed by atoms with E-state index in [1.807, 2.05) is 38.1 Å². The topological polar surface area (TPSA) is 101 Å². The number of likely N-dealkylation sites (tertiary alicyclic amines) is 1. The molecular weight excluding hydrogens is 583 g/mol. The zero-order valence-corrected chi connectivity index (χ0v) is 26.5. The van der Waals surface area contributed by atoms with Crippen LogP contribution in [0.3, 0.4) is 0 Å². The van der Waals surface area contributed by atoms with Gasteiger partial charge in [0.15, 0.2) is 0 Å². The molecule has 1 aliphatic rings. The van der Waals surface area contributed by atoms with Crippen LogP contribution in [-0.4, -0.2) is 91.0 Å². The number of likely N-dealkylation sites (N-methyl/N-ethyl adjacent to an activating group) is 1. The van der Waals surface area contributed by atoms with E-state index in [2.05, 4.69) is 32.4 Å². The van der Waals surface area contributed by atoms with Gasteiger partial charge < -0.3 is 30.6 Å². The summed E-state index contributed by atoms with van der Waals surface area (Å²) in [7, 11) is 3.41. The molecule has 1 amide bonds. The Balaban J connectivity index is 1.35. The van der Waals surface area contributed by atoms with Crippen LogP contribution in [0, 0.1) is 11.8 Å². The lowest BCUT2D eigenvalue weighted by Gasteiger charge is -2.33. The lowest BCUT2D eigenvalue weighted by molar-refractivity contribution is -0.140. The number of hydrogen-bond acceptors (Lipinski definition) is 7. The number of alkyl halides is 3. The van der Waals surface area contributed by atoms with Crippen molar-refractivity contribution in [3.63, 3.8) is 0 Å². The molecule has 0 atom stereocenters. The molecule has 0 spiro atoms. The molecule has 3 aromatic rings. The van der Waals surface area contributed by atoms with E-state index in [0.717, 1.165) is 42.9 Å². The van der Waals surface area contributed by atoms with E-state index in [4.69, 9.17) is 10.5 Å². The van der Waals surface area contributed by atoms with Gasteiger partial charge in [0.1, 0.15) is 6.54 Å². The van der Waals surface area contributed by atoms with E-state index < -0.39 is 18.3 Å². The Morgan fingerprint density at radius 3 is 2.58 bits per heavy atom. The minimum atomic E-state index is -4.39. The Morgan fingerprint density at radius 2 is 1.93 bits per heavy atom. The molecule has 12 heteroatoms.